The number of aliphatic hydroxyl groups is 1. The Kier molecular flexibility index (Phi) is 8.44. The molecule has 4 aromatic rings. The summed E-state index contributed by atoms with van der Waals surface area (Å²) in [6, 6.07) is 28.1. The SMILES string of the molecule is O=C(N/N=C\c1cc(Br)ccc1OCc1ccc(Cl)cc1Cl)C(O)(c1ccccc1)c1ccccc1. The predicted octanol–water partition coefficient (Wildman–Crippen LogP) is 6.72. The molecule has 0 unspecified atom stereocenters. The first-order valence-electron chi connectivity index (χ1n) is 10.9. The molecule has 8 heteroatoms. The average Bonchev–Trinajstić information content (AvgIpc) is 2.89. The minimum Gasteiger partial charge on any atom is -0.488 e. The molecule has 36 heavy (non-hydrogen) atoms. The third-order valence-electron chi connectivity index (χ3n) is 5.45. The number of halogens is 3. The highest BCUT2D eigenvalue weighted by atomic mass is 79.9. The molecule has 2 N–H and O–H groups in total. The lowest BCUT2D eigenvalue weighted by Gasteiger charge is -2.27. The van der Waals surface area contributed by atoms with Gasteiger partial charge in [0.15, 0.2) is 5.60 Å². The summed E-state index contributed by atoms with van der Waals surface area (Å²) in [7, 11) is 0. The molecule has 0 fully saturated rings. The van der Waals surface area contributed by atoms with Crippen LogP contribution in [-0.2, 0) is 17.0 Å². The topological polar surface area (TPSA) is 70.9 Å². The van der Waals surface area contributed by atoms with Gasteiger partial charge in [-0.3, -0.25) is 4.79 Å². The number of hydrazone groups is 1. The smallest absolute Gasteiger partial charge is 0.281 e. The number of hydrogen-bond acceptors (Lipinski definition) is 4. The van der Waals surface area contributed by atoms with Crippen molar-refractivity contribution in [1.29, 1.82) is 0 Å². The standard InChI is InChI=1S/C28H21BrCl2N2O3/c29-23-12-14-26(36-18-19-11-13-24(30)16-25(19)31)20(15-23)17-32-33-27(34)28(35,21-7-3-1-4-8-21)22-9-5-2-6-10-22/h1-17,35H,18H2,(H,33,34)/b32-17-. The Balaban J connectivity index is 1.55. The van der Waals surface area contributed by atoms with Crippen LogP contribution in [0.15, 0.2) is 107 Å². The second kappa shape index (κ2) is 11.7. The molecule has 0 heterocycles. The number of benzene rings is 4. The fourth-order valence-corrected chi connectivity index (χ4v) is 4.42. The van der Waals surface area contributed by atoms with Gasteiger partial charge >= 0.3 is 0 Å². The van der Waals surface area contributed by atoms with Crippen LogP contribution in [0.3, 0.4) is 0 Å². The van der Waals surface area contributed by atoms with Gasteiger partial charge in [-0.25, -0.2) is 5.43 Å². The number of rotatable bonds is 8. The van der Waals surface area contributed by atoms with Crippen molar-refractivity contribution < 1.29 is 14.6 Å². The van der Waals surface area contributed by atoms with Crippen molar-refractivity contribution in [2.45, 2.75) is 12.2 Å². The first-order chi connectivity index (χ1) is 17.4. The van der Waals surface area contributed by atoms with Gasteiger partial charge < -0.3 is 9.84 Å². The zero-order chi connectivity index (χ0) is 25.5. The predicted molar refractivity (Wildman–Crippen MR) is 147 cm³/mol. The molecule has 4 aromatic carbocycles. The lowest BCUT2D eigenvalue weighted by molar-refractivity contribution is -0.136. The van der Waals surface area contributed by atoms with Gasteiger partial charge in [-0.05, 0) is 41.5 Å². The summed E-state index contributed by atoms with van der Waals surface area (Å²) in [5.41, 5.74) is 2.78. The Bertz CT molecular complexity index is 1340. The van der Waals surface area contributed by atoms with Crippen LogP contribution in [0.2, 0.25) is 10.0 Å². The van der Waals surface area contributed by atoms with Crippen LogP contribution in [0, 0.1) is 0 Å². The van der Waals surface area contributed by atoms with Gasteiger partial charge in [-0.15, -0.1) is 0 Å². The molecule has 4 rings (SSSR count). The Hall–Kier alpha value is -3.16. The number of nitrogens with one attached hydrogen (secondary N) is 1. The lowest BCUT2D eigenvalue weighted by atomic mass is 9.85. The maximum atomic E-state index is 13.2. The molecule has 0 radical (unpaired) electrons. The molecule has 0 atom stereocenters. The summed E-state index contributed by atoms with van der Waals surface area (Å²) in [5, 5.41) is 16.7. The van der Waals surface area contributed by atoms with E-state index in [0.717, 1.165) is 10.0 Å². The third-order valence-corrected chi connectivity index (χ3v) is 6.53. The summed E-state index contributed by atoms with van der Waals surface area (Å²) in [6.07, 6.45) is 1.46. The molecule has 1 amide bonds. The van der Waals surface area contributed by atoms with Gasteiger partial charge in [0.05, 0.1) is 6.21 Å². The Morgan fingerprint density at radius 2 is 1.58 bits per heavy atom. The van der Waals surface area contributed by atoms with Crippen LogP contribution in [0.25, 0.3) is 0 Å². The van der Waals surface area contributed by atoms with E-state index >= 15 is 0 Å². The first-order valence-corrected chi connectivity index (χ1v) is 12.5. The second-order valence-corrected chi connectivity index (χ2v) is 9.61. The maximum Gasteiger partial charge on any atom is 0.281 e. The van der Waals surface area contributed by atoms with E-state index in [0.29, 0.717) is 32.5 Å². The molecular weight excluding hydrogens is 563 g/mol. The molecular formula is C28H21BrCl2N2O3. The fraction of sp³-hybridized carbons (Fsp3) is 0.0714. The highest BCUT2D eigenvalue weighted by molar-refractivity contribution is 9.10. The third kappa shape index (κ3) is 5.97. The van der Waals surface area contributed by atoms with Crippen molar-refractivity contribution >= 4 is 51.3 Å². The van der Waals surface area contributed by atoms with Gasteiger partial charge in [0.2, 0.25) is 0 Å². The van der Waals surface area contributed by atoms with Crippen LogP contribution in [0.1, 0.15) is 22.3 Å². The maximum absolute atomic E-state index is 13.2. The van der Waals surface area contributed by atoms with Crippen molar-refractivity contribution in [3.63, 3.8) is 0 Å². The Morgan fingerprint density at radius 3 is 2.19 bits per heavy atom. The minimum atomic E-state index is -1.93. The van der Waals surface area contributed by atoms with Crippen molar-refractivity contribution in [3.05, 3.63) is 134 Å². The normalized spacial score (nSPS) is 11.4. The van der Waals surface area contributed by atoms with Crippen molar-refractivity contribution in [2.24, 2.45) is 5.10 Å². The summed E-state index contributed by atoms with van der Waals surface area (Å²) < 4.78 is 6.76. The van der Waals surface area contributed by atoms with Crippen molar-refractivity contribution in [3.8, 4) is 5.75 Å². The molecule has 0 aliphatic carbocycles. The average molecular weight is 584 g/mol. The minimum absolute atomic E-state index is 0.215. The quantitative estimate of drug-likeness (QED) is 0.179. The van der Waals surface area contributed by atoms with Crippen LogP contribution in [0.4, 0.5) is 0 Å². The lowest BCUT2D eigenvalue weighted by Crippen LogP contribution is -2.43. The zero-order valence-corrected chi connectivity index (χ0v) is 22.0. The number of hydrogen-bond donors (Lipinski definition) is 2. The molecule has 0 aliphatic rings. The van der Waals surface area contributed by atoms with Crippen LogP contribution in [-0.4, -0.2) is 17.2 Å². The number of carbonyl (C=O) groups excluding carboxylic acids is 1. The fourth-order valence-electron chi connectivity index (χ4n) is 3.57. The van der Waals surface area contributed by atoms with E-state index < -0.39 is 11.5 Å². The molecule has 5 nitrogen and oxygen atoms in total. The van der Waals surface area contributed by atoms with Crippen LogP contribution < -0.4 is 10.2 Å². The van der Waals surface area contributed by atoms with E-state index in [1.807, 2.05) is 18.2 Å². The summed E-state index contributed by atoms with van der Waals surface area (Å²) in [6.45, 7) is 0.215. The van der Waals surface area contributed by atoms with Gasteiger partial charge in [-0.2, -0.15) is 5.10 Å². The Labute approximate surface area is 227 Å². The molecule has 0 bridgehead atoms. The van der Waals surface area contributed by atoms with Gasteiger partial charge in [-0.1, -0.05) is 106 Å². The van der Waals surface area contributed by atoms with Crippen LogP contribution in [0.5, 0.6) is 5.75 Å². The number of nitrogens with zero attached hydrogens (tertiary/aromatic N) is 1. The monoisotopic (exact) mass is 582 g/mol. The molecule has 0 aliphatic heterocycles. The molecule has 0 saturated heterocycles. The van der Waals surface area contributed by atoms with E-state index in [1.165, 1.54) is 6.21 Å². The summed E-state index contributed by atoms with van der Waals surface area (Å²) >= 11 is 15.7. The van der Waals surface area contributed by atoms with E-state index in [9.17, 15) is 9.90 Å². The summed E-state index contributed by atoms with van der Waals surface area (Å²) in [4.78, 5) is 13.2. The molecule has 0 spiro atoms. The Morgan fingerprint density at radius 1 is 0.944 bits per heavy atom. The highest BCUT2D eigenvalue weighted by Gasteiger charge is 2.39. The highest BCUT2D eigenvalue weighted by Crippen LogP contribution is 2.30. The zero-order valence-electron chi connectivity index (χ0n) is 18.9. The van der Waals surface area contributed by atoms with Gasteiger partial charge in [0, 0.05) is 25.6 Å². The largest absolute Gasteiger partial charge is 0.488 e. The van der Waals surface area contributed by atoms with Crippen molar-refractivity contribution in [1.82, 2.24) is 5.43 Å². The van der Waals surface area contributed by atoms with Gasteiger partial charge in [0.25, 0.3) is 5.91 Å². The number of ether oxygens (including phenoxy) is 1. The summed E-state index contributed by atoms with van der Waals surface area (Å²) in [5.74, 6) is -0.162. The van der Waals surface area contributed by atoms with E-state index in [1.54, 1.807) is 78.9 Å². The number of carbonyl (C=O) groups is 1. The van der Waals surface area contributed by atoms with Crippen molar-refractivity contribution in [2.75, 3.05) is 0 Å². The second-order valence-electron chi connectivity index (χ2n) is 7.85. The molecule has 0 aromatic heterocycles. The van der Waals surface area contributed by atoms with Crippen LogP contribution >= 0.6 is 39.1 Å². The van der Waals surface area contributed by atoms with E-state index in [2.05, 4.69) is 26.5 Å². The first kappa shape index (κ1) is 25.9. The van der Waals surface area contributed by atoms with E-state index in [4.69, 9.17) is 27.9 Å². The number of amides is 1. The van der Waals surface area contributed by atoms with Gasteiger partial charge in [0.1, 0.15) is 12.4 Å². The molecule has 0 saturated carbocycles. The molecule has 182 valence electrons. The van der Waals surface area contributed by atoms with E-state index in [-0.39, 0.29) is 6.61 Å².